The fourth-order valence-corrected chi connectivity index (χ4v) is 0.278. The molecule has 1 aromatic rings. The van der Waals surface area contributed by atoms with Crippen LogP contribution in [0, 0.1) is 0 Å². The van der Waals surface area contributed by atoms with Crippen LogP contribution < -0.4 is 11.5 Å². The van der Waals surface area contributed by atoms with Gasteiger partial charge in [-0.2, -0.15) is 0 Å². The van der Waals surface area contributed by atoms with Gasteiger partial charge in [0.2, 0.25) is 0 Å². The highest BCUT2D eigenvalue weighted by molar-refractivity contribution is 5.69. The first-order valence-corrected chi connectivity index (χ1v) is 3.38. The number of aliphatic hydroxyl groups excluding tert-OH is 1. The van der Waals surface area contributed by atoms with Crippen molar-refractivity contribution in [1.29, 1.82) is 0 Å². The second-order valence-electron chi connectivity index (χ2n) is 1.60. The van der Waals surface area contributed by atoms with Crippen molar-refractivity contribution in [3.05, 3.63) is 24.5 Å². The first kappa shape index (κ1) is 13.1. The average Bonchev–Trinajstić information content (AvgIpc) is 2.40. The summed E-state index contributed by atoms with van der Waals surface area (Å²) in [6.45, 7) is 1.93. The predicted octanol–water partition coefficient (Wildman–Crippen LogP) is 0.0371. The largest absolute Gasteiger partial charge is 0.397 e. The van der Waals surface area contributed by atoms with E-state index in [4.69, 9.17) is 9.90 Å². The molecule has 0 saturated heterocycles. The number of nitrogens with two attached hydrogens (primary N) is 2. The van der Waals surface area contributed by atoms with Crippen LogP contribution in [-0.2, 0) is 0 Å². The molecule has 1 rings (SSSR count). The summed E-state index contributed by atoms with van der Waals surface area (Å²) in [5.41, 5.74) is 8.50. The van der Waals surface area contributed by atoms with Crippen molar-refractivity contribution in [1.82, 2.24) is 4.98 Å². The molecule has 0 spiro atoms. The molecule has 1 heterocycles. The third kappa shape index (κ3) is 39.0. The topological polar surface area (TPSA) is 105 Å². The van der Waals surface area contributed by atoms with Gasteiger partial charge in [0.1, 0.15) is 0 Å². The summed E-state index contributed by atoms with van der Waals surface area (Å²) < 4.78 is 0. The Morgan fingerprint density at radius 2 is 1.67 bits per heavy atom. The maximum Gasteiger partial charge on any atom is 0.309 e. The summed E-state index contributed by atoms with van der Waals surface area (Å²) in [6.07, 6.45) is 3.75. The summed E-state index contributed by atoms with van der Waals surface area (Å²) in [6, 6.07) is 3.06. The zero-order valence-electron chi connectivity index (χ0n) is 7.03. The smallest absolute Gasteiger partial charge is 0.309 e. The van der Waals surface area contributed by atoms with Gasteiger partial charge in [0.05, 0.1) is 0 Å². The quantitative estimate of drug-likeness (QED) is 0.444. The molecule has 1 aromatic heterocycles. The zero-order chi connectivity index (χ0) is 9.82. The van der Waals surface area contributed by atoms with Gasteiger partial charge in [-0.15, -0.1) is 0 Å². The van der Waals surface area contributed by atoms with Crippen LogP contribution in [0.1, 0.15) is 6.92 Å². The van der Waals surface area contributed by atoms with E-state index in [-0.39, 0.29) is 6.61 Å². The van der Waals surface area contributed by atoms with E-state index in [1.807, 2.05) is 24.5 Å². The van der Waals surface area contributed by atoms with Gasteiger partial charge in [0.15, 0.2) is 0 Å². The summed E-state index contributed by atoms with van der Waals surface area (Å²) in [7, 11) is 0. The van der Waals surface area contributed by atoms with Crippen molar-refractivity contribution in [2.75, 3.05) is 6.61 Å². The second kappa shape index (κ2) is 12.2. The lowest BCUT2D eigenvalue weighted by Gasteiger charge is -1.62. The normalized spacial score (nSPS) is 6.83. The van der Waals surface area contributed by atoms with Gasteiger partial charge >= 0.3 is 6.03 Å². The van der Waals surface area contributed by atoms with Crippen molar-refractivity contribution in [2.24, 2.45) is 11.5 Å². The van der Waals surface area contributed by atoms with Crippen LogP contribution >= 0.6 is 0 Å². The molecule has 0 bridgehead atoms. The fraction of sp³-hybridized carbons (Fsp3) is 0.286. The molecule has 2 amide bonds. The van der Waals surface area contributed by atoms with Crippen LogP contribution in [0.3, 0.4) is 0 Å². The van der Waals surface area contributed by atoms with Gasteiger partial charge in [-0.25, -0.2) is 4.79 Å². The zero-order valence-corrected chi connectivity index (χ0v) is 7.03. The minimum atomic E-state index is -0.833. The number of hydrogen-bond acceptors (Lipinski definition) is 2. The SMILES string of the molecule is CCO.NC(N)=O.c1cc[nH]c1. The monoisotopic (exact) mass is 173 g/mol. The number of H-pyrrole nitrogens is 1. The highest BCUT2D eigenvalue weighted by atomic mass is 16.2. The molecule has 6 N–H and O–H groups in total. The molecule has 70 valence electrons. The molecule has 0 unspecified atom stereocenters. The summed E-state index contributed by atoms with van der Waals surface area (Å²) in [5, 5.41) is 7.57. The third-order valence-electron chi connectivity index (χ3n) is 0.496. The standard InChI is InChI=1S/C4H5N.C2H6O.CH4N2O/c1-2-4-5-3-1;1-2-3;2-1(3)4/h1-5H;3H,2H2,1H3;(H4,2,3,4). The molecule has 0 aromatic carbocycles. The molecular weight excluding hydrogens is 158 g/mol. The first-order chi connectivity index (χ1) is 5.65. The number of carbonyl (C=O) groups excluding carboxylic acids is 1. The van der Waals surface area contributed by atoms with Crippen LogP contribution in [-0.4, -0.2) is 22.7 Å². The molecule has 0 fully saturated rings. The lowest BCUT2D eigenvalue weighted by Crippen LogP contribution is -2.18. The van der Waals surface area contributed by atoms with Gasteiger partial charge in [-0.3, -0.25) is 0 Å². The number of amides is 2. The number of primary amides is 2. The number of aromatic nitrogens is 1. The number of aromatic amines is 1. The fourth-order valence-electron chi connectivity index (χ4n) is 0.278. The van der Waals surface area contributed by atoms with E-state index in [0.717, 1.165) is 0 Å². The van der Waals surface area contributed by atoms with Crippen molar-refractivity contribution in [3.8, 4) is 0 Å². The number of aliphatic hydroxyl groups is 1. The molecule has 0 aliphatic heterocycles. The van der Waals surface area contributed by atoms with Crippen LogP contribution in [0.4, 0.5) is 4.79 Å². The highest BCUT2D eigenvalue weighted by Crippen LogP contribution is 1.72. The lowest BCUT2D eigenvalue weighted by atomic mass is 10.7. The highest BCUT2D eigenvalue weighted by Gasteiger charge is 1.60. The Labute approximate surface area is 71.4 Å². The van der Waals surface area contributed by atoms with Crippen molar-refractivity contribution in [3.63, 3.8) is 0 Å². The molecule has 0 aliphatic carbocycles. The Hall–Kier alpha value is -1.49. The van der Waals surface area contributed by atoms with E-state index < -0.39 is 6.03 Å². The summed E-state index contributed by atoms with van der Waals surface area (Å²) in [5.74, 6) is 0. The number of urea groups is 1. The van der Waals surface area contributed by atoms with Gasteiger partial charge in [-0.05, 0) is 19.1 Å². The first-order valence-electron chi connectivity index (χ1n) is 3.38. The molecule has 5 heteroatoms. The van der Waals surface area contributed by atoms with E-state index in [9.17, 15) is 0 Å². The number of nitrogens with one attached hydrogen (secondary N) is 1. The van der Waals surface area contributed by atoms with E-state index in [0.29, 0.717) is 0 Å². The van der Waals surface area contributed by atoms with Crippen molar-refractivity contribution < 1.29 is 9.90 Å². The van der Waals surface area contributed by atoms with Crippen LogP contribution in [0.5, 0.6) is 0 Å². The predicted molar refractivity (Wildman–Crippen MR) is 47.3 cm³/mol. The minimum Gasteiger partial charge on any atom is -0.397 e. The van der Waals surface area contributed by atoms with Gasteiger partial charge in [-0.1, -0.05) is 0 Å². The van der Waals surface area contributed by atoms with E-state index in [1.54, 1.807) is 6.92 Å². The van der Waals surface area contributed by atoms with Gasteiger partial charge < -0.3 is 21.6 Å². The molecular formula is C7H15N3O2. The maximum atomic E-state index is 9.00. The second-order valence-corrected chi connectivity index (χ2v) is 1.60. The molecule has 12 heavy (non-hydrogen) atoms. The molecule has 0 saturated carbocycles. The Bertz CT molecular complexity index is 142. The number of rotatable bonds is 0. The molecule has 0 atom stereocenters. The molecule has 0 radical (unpaired) electrons. The van der Waals surface area contributed by atoms with E-state index >= 15 is 0 Å². The number of hydrogen-bond donors (Lipinski definition) is 4. The van der Waals surface area contributed by atoms with Crippen LogP contribution in [0.15, 0.2) is 24.5 Å². The minimum absolute atomic E-state index is 0.250. The maximum absolute atomic E-state index is 9.00. The Morgan fingerprint density at radius 1 is 1.42 bits per heavy atom. The Balaban J connectivity index is 0. The number of carbonyl (C=O) groups is 1. The van der Waals surface area contributed by atoms with Gasteiger partial charge in [0, 0.05) is 19.0 Å². The van der Waals surface area contributed by atoms with Crippen LogP contribution in [0.25, 0.3) is 0 Å². The molecule has 5 nitrogen and oxygen atoms in total. The Kier molecular flexibility index (Phi) is 13.4. The van der Waals surface area contributed by atoms with Crippen molar-refractivity contribution >= 4 is 6.03 Å². The lowest BCUT2D eigenvalue weighted by molar-refractivity contribution is 0.256. The molecule has 0 aliphatic rings. The van der Waals surface area contributed by atoms with Gasteiger partial charge in [0.25, 0.3) is 0 Å². The summed E-state index contributed by atoms with van der Waals surface area (Å²) >= 11 is 0. The van der Waals surface area contributed by atoms with E-state index in [1.165, 1.54) is 0 Å². The summed E-state index contributed by atoms with van der Waals surface area (Å²) in [4.78, 5) is 11.9. The van der Waals surface area contributed by atoms with E-state index in [2.05, 4.69) is 16.5 Å². The third-order valence-corrected chi connectivity index (χ3v) is 0.496. The Morgan fingerprint density at radius 3 is 1.75 bits per heavy atom. The van der Waals surface area contributed by atoms with Crippen molar-refractivity contribution in [2.45, 2.75) is 6.92 Å². The average molecular weight is 173 g/mol. The van der Waals surface area contributed by atoms with Crippen LogP contribution in [0.2, 0.25) is 0 Å².